The fraction of sp³-hybridized carbons (Fsp3) is 0.474. The number of nitrogens with one attached hydrogen (secondary N) is 3. The van der Waals surface area contributed by atoms with Crippen LogP contribution in [0.5, 0.6) is 0 Å². The van der Waals surface area contributed by atoms with Gasteiger partial charge < -0.3 is 37.0 Å². The third-order valence-electron chi connectivity index (χ3n) is 4.29. The van der Waals surface area contributed by atoms with Crippen LogP contribution in [-0.4, -0.2) is 75.9 Å². The smallest absolute Gasteiger partial charge is 0.326 e. The van der Waals surface area contributed by atoms with E-state index in [9.17, 15) is 34.5 Å². The summed E-state index contributed by atoms with van der Waals surface area (Å²) in [6, 6.07) is 3.64. The molecule has 8 N–H and O–H groups in total. The van der Waals surface area contributed by atoms with E-state index >= 15 is 0 Å². The van der Waals surface area contributed by atoms with Gasteiger partial charge in [-0.2, -0.15) is 0 Å². The van der Waals surface area contributed by atoms with Crippen LogP contribution in [0.4, 0.5) is 0 Å². The van der Waals surface area contributed by atoms with Crippen LogP contribution >= 0.6 is 0 Å². The molecule has 0 fully saturated rings. The second-order valence-corrected chi connectivity index (χ2v) is 6.83. The maximum absolute atomic E-state index is 12.3. The standard InChI is InChI=1S/C19H28N4O7/c1-10(21-17(27)14(9-24)23-18(28)15(20)11(2)25)16(26)22-13(19(29)30)8-12-6-4-3-5-7-12/h3-7,10-11,13-15,24-25H,8-9,20H2,1-2H3,(H,21,27)(H,22,26)(H,23,28)(H,29,30). The summed E-state index contributed by atoms with van der Waals surface area (Å²) in [4.78, 5) is 47.9. The van der Waals surface area contributed by atoms with E-state index in [-0.39, 0.29) is 6.42 Å². The number of rotatable bonds is 11. The first-order valence-electron chi connectivity index (χ1n) is 9.29. The zero-order valence-corrected chi connectivity index (χ0v) is 16.7. The molecule has 0 aliphatic carbocycles. The molecule has 1 aromatic carbocycles. The topological polar surface area (TPSA) is 191 Å². The molecule has 0 radical (unpaired) electrons. The molecule has 0 aliphatic rings. The van der Waals surface area contributed by atoms with E-state index in [0.29, 0.717) is 5.56 Å². The Morgan fingerprint density at radius 3 is 2.00 bits per heavy atom. The summed E-state index contributed by atoms with van der Waals surface area (Å²) in [5, 5.41) is 34.8. The fourth-order valence-electron chi connectivity index (χ4n) is 2.41. The average Bonchev–Trinajstić information content (AvgIpc) is 2.70. The van der Waals surface area contributed by atoms with E-state index < -0.39 is 60.6 Å². The zero-order chi connectivity index (χ0) is 22.8. The van der Waals surface area contributed by atoms with Gasteiger partial charge in [0.15, 0.2) is 0 Å². The number of hydrogen-bond donors (Lipinski definition) is 7. The molecule has 0 aliphatic heterocycles. The molecule has 1 rings (SSSR count). The molecule has 166 valence electrons. The highest BCUT2D eigenvalue weighted by molar-refractivity contribution is 5.94. The van der Waals surface area contributed by atoms with Gasteiger partial charge in [0, 0.05) is 6.42 Å². The number of aliphatic carboxylic acids is 1. The molecule has 0 saturated carbocycles. The minimum Gasteiger partial charge on any atom is -0.480 e. The van der Waals surface area contributed by atoms with Crippen molar-refractivity contribution in [2.45, 2.75) is 50.5 Å². The molecule has 5 atom stereocenters. The van der Waals surface area contributed by atoms with Crippen molar-refractivity contribution < 1.29 is 34.5 Å². The second kappa shape index (κ2) is 11.9. The lowest BCUT2D eigenvalue weighted by atomic mass is 10.1. The summed E-state index contributed by atoms with van der Waals surface area (Å²) in [6.07, 6.45) is -1.12. The first kappa shape index (κ1) is 25.0. The lowest BCUT2D eigenvalue weighted by Crippen LogP contribution is -2.58. The minimum atomic E-state index is -1.41. The maximum Gasteiger partial charge on any atom is 0.326 e. The Morgan fingerprint density at radius 2 is 1.50 bits per heavy atom. The molecule has 5 unspecified atom stereocenters. The van der Waals surface area contributed by atoms with Crippen LogP contribution in [0.25, 0.3) is 0 Å². The van der Waals surface area contributed by atoms with Crippen molar-refractivity contribution >= 4 is 23.7 Å². The van der Waals surface area contributed by atoms with Crippen LogP contribution in [0.3, 0.4) is 0 Å². The van der Waals surface area contributed by atoms with Crippen molar-refractivity contribution in [1.82, 2.24) is 16.0 Å². The van der Waals surface area contributed by atoms with E-state index in [2.05, 4.69) is 16.0 Å². The lowest BCUT2D eigenvalue weighted by Gasteiger charge is -2.23. The summed E-state index contributed by atoms with van der Waals surface area (Å²) in [6.45, 7) is 1.84. The normalized spacial score (nSPS) is 15.8. The lowest BCUT2D eigenvalue weighted by molar-refractivity contribution is -0.142. The van der Waals surface area contributed by atoms with Gasteiger partial charge in [0.25, 0.3) is 0 Å². The Bertz CT molecular complexity index is 742. The van der Waals surface area contributed by atoms with E-state index in [1.165, 1.54) is 13.8 Å². The highest BCUT2D eigenvalue weighted by atomic mass is 16.4. The zero-order valence-electron chi connectivity index (χ0n) is 16.7. The SMILES string of the molecule is CC(NC(=O)C(CO)NC(=O)C(N)C(C)O)C(=O)NC(Cc1ccccc1)C(=O)O. The molecule has 1 aromatic rings. The molecule has 30 heavy (non-hydrogen) atoms. The Labute approximate surface area is 173 Å². The van der Waals surface area contributed by atoms with Gasteiger partial charge in [0.05, 0.1) is 12.7 Å². The van der Waals surface area contributed by atoms with Gasteiger partial charge in [-0.1, -0.05) is 30.3 Å². The highest BCUT2D eigenvalue weighted by Gasteiger charge is 2.29. The van der Waals surface area contributed by atoms with Gasteiger partial charge in [-0.3, -0.25) is 14.4 Å². The highest BCUT2D eigenvalue weighted by Crippen LogP contribution is 2.04. The van der Waals surface area contributed by atoms with E-state index in [1.54, 1.807) is 30.3 Å². The number of carboxylic acids is 1. The van der Waals surface area contributed by atoms with Crippen LogP contribution in [0.15, 0.2) is 30.3 Å². The Morgan fingerprint density at radius 1 is 0.933 bits per heavy atom. The Balaban J connectivity index is 2.68. The summed E-state index contributed by atoms with van der Waals surface area (Å²) >= 11 is 0. The van der Waals surface area contributed by atoms with Crippen molar-refractivity contribution in [3.63, 3.8) is 0 Å². The number of hydrogen-bond acceptors (Lipinski definition) is 7. The van der Waals surface area contributed by atoms with Gasteiger partial charge in [-0.15, -0.1) is 0 Å². The van der Waals surface area contributed by atoms with E-state index in [1.807, 2.05) is 0 Å². The monoisotopic (exact) mass is 424 g/mol. The first-order chi connectivity index (χ1) is 14.1. The van der Waals surface area contributed by atoms with Gasteiger partial charge in [-0.25, -0.2) is 4.79 Å². The molecule has 0 aromatic heterocycles. The first-order valence-corrected chi connectivity index (χ1v) is 9.29. The number of aliphatic hydroxyl groups excluding tert-OH is 2. The quantitative estimate of drug-likeness (QED) is 0.202. The third kappa shape index (κ3) is 7.78. The molecular formula is C19H28N4O7. The molecule has 0 bridgehead atoms. The molecule has 11 nitrogen and oxygen atoms in total. The van der Waals surface area contributed by atoms with Crippen LogP contribution in [0.1, 0.15) is 19.4 Å². The van der Waals surface area contributed by atoms with Crippen molar-refractivity contribution in [2.75, 3.05) is 6.61 Å². The largest absolute Gasteiger partial charge is 0.480 e. The number of carbonyl (C=O) groups is 4. The van der Waals surface area contributed by atoms with E-state index in [0.717, 1.165) is 0 Å². The van der Waals surface area contributed by atoms with Crippen molar-refractivity contribution in [2.24, 2.45) is 5.73 Å². The van der Waals surface area contributed by atoms with Gasteiger partial charge in [0.1, 0.15) is 24.2 Å². The number of aliphatic hydroxyl groups is 2. The van der Waals surface area contributed by atoms with Gasteiger partial charge >= 0.3 is 5.97 Å². The van der Waals surface area contributed by atoms with Crippen molar-refractivity contribution in [3.05, 3.63) is 35.9 Å². The molecule has 3 amide bonds. The van der Waals surface area contributed by atoms with Crippen molar-refractivity contribution in [3.8, 4) is 0 Å². The molecule has 0 saturated heterocycles. The van der Waals surface area contributed by atoms with Crippen molar-refractivity contribution in [1.29, 1.82) is 0 Å². The molecule has 0 spiro atoms. The number of carbonyl (C=O) groups excluding carboxylic acids is 3. The number of carboxylic acid groups (broad SMARTS) is 1. The van der Waals surface area contributed by atoms with Crippen LogP contribution in [0.2, 0.25) is 0 Å². The van der Waals surface area contributed by atoms with Crippen LogP contribution in [0, 0.1) is 0 Å². The average molecular weight is 424 g/mol. The summed E-state index contributed by atoms with van der Waals surface area (Å²) in [5.41, 5.74) is 6.17. The number of benzene rings is 1. The fourth-order valence-corrected chi connectivity index (χ4v) is 2.41. The number of nitrogens with two attached hydrogens (primary N) is 1. The molecule has 0 heterocycles. The predicted molar refractivity (Wildman–Crippen MR) is 106 cm³/mol. The Kier molecular flexibility index (Phi) is 9.89. The summed E-state index contributed by atoms with van der Waals surface area (Å²) in [5.74, 6) is -3.72. The summed E-state index contributed by atoms with van der Waals surface area (Å²) in [7, 11) is 0. The van der Waals surface area contributed by atoms with Gasteiger partial charge in [0.2, 0.25) is 17.7 Å². The van der Waals surface area contributed by atoms with Gasteiger partial charge in [-0.05, 0) is 19.4 Å². The maximum atomic E-state index is 12.3. The third-order valence-corrected chi connectivity index (χ3v) is 4.29. The Hall–Kier alpha value is -3.02. The molecule has 11 heteroatoms. The predicted octanol–water partition coefficient (Wildman–Crippen LogP) is -2.51. The van der Waals surface area contributed by atoms with E-state index in [4.69, 9.17) is 5.73 Å². The minimum absolute atomic E-state index is 0.0507. The second-order valence-electron chi connectivity index (χ2n) is 6.83. The number of amides is 3. The van der Waals surface area contributed by atoms with Crippen LogP contribution < -0.4 is 21.7 Å². The molecular weight excluding hydrogens is 396 g/mol. The van der Waals surface area contributed by atoms with Crippen LogP contribution in [-0.2, 0) is 25.6 Å². The summed E-state index contributed by atoms with van der Waals surface area (Å²) < 4.78 is 0.